The number of aliphatic hydroxyl groups is 5. The van der Waals surface area contributed by atoms with Crippen LogP contribution in [0, 0.1) is 0 Å². The summed E-state index contributed by atoms with van der Waals surface area (Å²) in [6, 6.07) is 0. The quantitative estimate of drug-likeness (QED) is 0.272. The Morgan fingerprint density at radius 1 is 0.789 bits per heavy atom. The highest BCUT2D eigenvalue weighted by atomic mass is 16.3. The molecular formula is C14H26O5. The average molecular weight is 274 g/mol. The Hall–Kier alpha value is -0.720. The normalized spacial score (nSPS) is 17.1. The van der Waals surface area contributed by atoms with Crippen molar-refractivity contribution in [2.75, 3.05) is 13.2 Å². The van der Waals surface area contributed by atoms with Crippen molar-refractivity contribution < 1.29 is 25.5 Å². The Balaban J connectivity index is 3.73. The lowest BCUT2D eigenvalue weighted by Gasteiger charge is -2.06. The van der Waals surface area contributed by atoms with Crippen molar-refractivity contribution in [2.45, 2.75) is 50.4 Å². The van der Waals surface area contributed by atoms with Gasteiger partial charge in [-0.25, -0.2) is 0 Å². The summed E-state index contributed by atoms with van der Waals surface area (Å²) in [7, 11) is 0. The van der Waals surface area contributed by atoms with Crippen molar-refractivity contribution in [3.63, 3.8) is 0 Å². The van der Waals surface area contributed by atoms with Crippen LogP contribution in [0.25, 0.3) is 0 Å². The van der Waals surface area contributed by atoms with Crippen LogP contribution < -0.4 is 0 Å². The molecule has 0 saturated heterocycles. The fourth-order valence-electron chi connectivity index (χ4n) is 1.48. The molecule has 0 aromatic carbocycles. The molecule has 0 rings (SSSR count). The van der Waals surface area contributed by atoms with Gasteiger partial charge in [0.05, 0.1) is 24.9 Å². The Bertz CT molecular complexity index is 252. The van der Waals surface area contributed by atoms with Gasteiger partial charge in [0, 0.05) is 6.61 Å². The molecule has 5 N–H and O–H groups in total. The highest BCUT2D eigenvalue weighted by molar-refractivity contribution is 4.97. The van der Waals surface area contributed by atoms with Gasteiger partial charge >= 0.3 is 0 Å². The SMILES string of the molecule is OCCCC[C@@H](O)/C=C/C[C@H](O)/C=C/C[C@H](O)CO. The molecule has 112 valence electrons. The Morgan fingerprint density at radius 2 is 1.42 bits per heavy atom. The maximum atomic E-state index is 9.56. The summed E-state index contributed by atoms with van der Waals surface area (Å²) in [4.78, 5) is 0. The van der Waals surface area contributed by atoms with Crippen LogP contribution in [0.3, 0.4) is 0 Å². The molecule has 0 spiro atoms. The Labute approximate surface area is 114 Å². The van der Waals surface area contributed by atoms with Gasteiger partial charge in [0.15, 0.2) is 0 Å². The number of aliphatic hydroxyl groups excluding tert-OH is 5. The van der Waals surface area contributed by atoms with Crippen LogP contribution in [0.2, 0.25) is 0 Å². The summed E-state index contributed by atoms with van der Waals surface area (Å²) >= 11 is 0. The first-order valence-corrected chi connectivity index (χ1v) is 6.69. The lowest BCUT2D eigenvalue weighted by molar-refractivity contribution is 0.0973. The molecule has 0 aromatic heterocycles. The summed E-state index contributed by atoms with van der Waals surface area (Å²) in [6.07, 6.45) is 7.29. The van der Waals surface area contributed by atoms with E-state index in [1.54, 1.807) is 24.3 Å². The Morgan fingerprint density at radius 3 is 2.05 bits per heavy atom. The smallest absolute Gasteiger partial charge is 0.0805 e. The summed E-state index contributed by atoms with van der Waals surface area (Å²) in [5, 5.41) is 45.4. The fourth-order valence-corrected chi connectivity index (χ4v) is 1.48. The first kappa shape index (κ1) is 18.3. The minimum absolute atomic E-state index is 0.139. The molecule has 19 heavy (non-hydrogen) atoms. The van der Waals surface area contributed by atoms with Gasteiger partial charge in [0.2, 0.25) is 0 Å². The highest BCUT2D eigenvalue weighted by Gasteiger charge is 2.01. The van der Waals surface area contributed by atoms with Gasteiger partial charge in [-0.3, -0.25) is 0 Å². The van der Waals surface area contributed by atoms with Gasteiger partial charge in [-0.05, 0) is 32.1 Å². The van der Waals surface area contributed by atoms with Crippen LogP contribution >= 0.6 is 0 Å². The second-order valence-corrected chi connectivity index (χ2v) is 4.52. The minimum Gasteiger partial charge on any atom is -0.396 e. The molecule has 0 radical (unpaired) electrons. The van der Waals surface area contributed by atoms with E-state index in [9.17, 15) is 10.2 Å². The van der Waals surface area contributed by atoms with Gasteiger partial charge in [-0.2, -0.15) is 0 Å². The van der Waals surface area contributed by atoms with E-state index in [0.29, 0.717) is 25.7 Å². The van der Waals surface area contributed by atoms with Crippen molar-refractivity contribution >= 4 is 0 Å². The molecule has 0 saturated carbocycles. The maximum Gasteiger partial charge on any atom is 0.0805 e. The van der Waals surface area contributed by atoms with E-state index in [-0.39, 0.29) is 13.2 Å². The summed E-state index contributed by atoms with van der Waals surface area (Å²) < 4.78 is 0. The molecule has 0 fully saturated rings. The fraction of sp³-hybridized carbons (Fsp3) is 0.714. The molecule has 0 heterocycles. The van der Waals surface area contributed by atoms with E-state index in [4.69, 9.17) is 15.3 Å². The van der Waals surface area contributed by atoms with Gasteiger partial charge in [-0.15, -0.1) is 0 Å². The molecule has 5 nitrogen and oxygen atoms in total. The molecule has 0 aliphatic carbocycles. The highest BCUT2D eigenvalue weighted by Crippen LogP contribution is 2.04. The standard InChI is InChI=1S/C14H26O5/c15-10-2-1-5-12(17)6-3-7-13(18)8-4-9-14(19)11-16/h3-4,6,8,12-19H,1-2,5,7,9-11H2/b6-3+,8-4+/t12-,13+,14+/m1/s1. The van der Waals surface area contributed by atoms with Crippen LogP contribution in [0.15, 0.2) is 24.3 Å². The van der Waals surface area contributed by atoms with Crippen LogP contribution in [0.4, 0.5) is 0 Å². The maximum absolute atomic E-state index is 9.56. The van der Waals surface area contributed by atoms with Crippen LogP contribution in [-0.2, 0) is 0 Å². The van der Waals surface area contributed by atoms with E-state index in [2.05, 4.69) is 0 Å². The van der Waals surface area contributed by atoms with E-state index < -0.39 is 18.3 Å². The molecule has 0 bridgehead atoms. The van der Waals surface area contributed by atoms with Crippen molar-refractivity contribution in [1.82, 2.24) is 0 Å². The second kappa shape index (κ2) is 12.3. The van der Waals surface area contributed by atoms with Crippen molar-refractivity contribution in [3.05, 3.63) is 24.3 Å². The number of hydrogen-bond acceptors (Lipinski definition) is 5. The zero-order valence-corrected chi connectivity index (χ0v) is 11.2. The lowest BCUT2D eigenvalue weighted by Crippen LogP contribution is -2.10. The van der Waals surface area contributed by atoms with Gasteiger partial charge in [0.1, 0.15) is 0 Å². The third kappa shape index (κ3) is 12.1. The first-order valence-electron chi connectivity index (χ1n) is 6.69. The van der Waals surface area contributed by atoms with Gasteiger partial charge in [0.25, 0.3) is 0 Å². The molecule has 0 amide bonds. The predicted octanol–water partition coefficient (Wildman–Crippen LogP) is 0.117. The summed E-state index contributed by atoms with van der Waals surface area (Å²) in [5.74, 6) is 0. The molecule has 0 unspecified atom stereocenters. The van der Waals surface area contributed by atoms with Gasteiger partial charge in [-0.1, -0.05) is 24.3 Å². The van der Waals surface area contributed by atoms with E-state index in [0.717, 1.165) is 6.42 Å². The molecule has 5 heteroatoms. The largest absolute Gasteiger partial charge is 0.396 e. The topological polar surface area (TPSA) is 101 Å². The monoisotopic (exact) mass is 274 g/mol. The third-order valence-electron chi connectivity index (χ3n) is 2.62. The van der Waals surface area contributed by atoms with Crippen LogP contribution in [0.5, 0.6) is 0 Å². The molecule has 0 aliphatic rings. The first-order chi connectivity index (χ1) is 9.10. The number of rotatable bonds is 11. The van der Waals surface area contributed by atoms with Crippen molar-refractivity contribution in [1.29, 1.82) is 0 Å². The number of unbranched alkanes of at least 4 members (excludes halogenated alkanes) is 1. The molecule has 0 aliphatic heterocycles. The van der Waals surface area contributed by atoms with Crippen molar-refractivity contribution in [2.24, 2.45) is 0 Å². The predicted molar refractivity (Wildman–Crippen MR) is 73.6 cm³/mol. The minimum atomic E-state index is -0.785. The number of hydrogen-bond donors (Lipinski definition) is 5. The third-order valence-corrected chi connectivity index (χ3v) is 2.62. The van der Waals surface area contributed by atoms with E-state index in [1.165, 1.54) is 0 Å². The van der Waals surface area contributed by atoms with Gasteiger partial charge < -0.3 is 25.5 Å². The van der Waals surface area contributed by atoms with Crippen molar-refractivity contribution in [3.8, 4) is 0 Å². The summed E-state index contributed by atoms with van der Waals surface area (Å²) in [6.45, 7) is -0.153. The average Bonchev–Trinajstić information content (AvgIpc) is 2.38. The second-order valence-electron chi connectivity index (χ2n) is 4.52. The van der Waals surface area contributed by atoms with E-state index in [1.807, 2.05) is 0 Å². The Kier molecular flexibility index (Phi) is 11.9. The molecule has 0 aromatic rings. The lowest BCUT2D eigenvalue weighted by atomic mass is 10.1. The zero-order chi connectivity index (χ0) is 14.5. The zero-order valence-electron chi connectivity index (χ0n) is 11.2. The van der Waals surface area contributed by atoms with Crippen LogP contribution in [-0.4, -0.2) is 57.1 Å². The van der Waals surface area contributed by atoms with E-state index >= 15 is 0 Å². The van der Waals surface area contributed by atoms with Crippen LogP contribution in [0.1, 0.15) is 32.1 Å². The molecular weight excluding hydrogens is 248 g/mol. The summed E-state index contributed by atoms with van der Waals surface area (Å²) in [5.41, 5.74) is 0. The molecule has 3 atom stereocenters.